The van der Waals surface area contributed by atoms with E-state index in [2.05, 4.69) is 5.32 Å². The maximum absolute atomic E-state index is 12.0. The van der Waals surface area contributed by atoms with Crippen molar-refractivity contribution in [3.8, 4) is 5.75 Å². The first-order chi connectivity index (χ1) is 12.5. The largest absolute Gasteiger partial charge is 0.497 e. The highest BCUT2D eigenvalue weighted by molar-refractivity contribution is 6.06. The number of aromatic carboxylic acids is 1. The van der Waals surface area contributed by atoms with Crippen LogP contribution < -0.4 is 10.1 Å². The molecule has 2 N–H and O–H groups in total. The Labute approximate surface area is 151 Å². The zero-order valence-corrected chi connectivity index (χ0v) is 14.7. The third kappa shape index (κ3) is 3.26. The third-order valence-electron chi connectivity index (χ3n) is 4.38. The molecule has 2 aromatic carbocycles. The van der Waals surface area contributed by atoms with Crippen LogP contribution in [0.1, 0.15) is 21.6 Å². The van der Waals surface area contributed by atoms with E-state index >= 15 is 0 Å². The number of likely N-dealkylation sites (N-methyl/N-ethyl adjacent to an activating group) is 1. The van der Waals surface area contributed by atoms with Gasteiger partial charge in [-0.25, -0.2) is 4.79 Å². The van der Waals surface area contributed by atoms with Crippen LogP contribution in [0.2, 0.25) is 0 Å². The normalized spacial score (nSPS) is 10.7. The van der Waals surface area contributed by atoms with E-state index in [1.54, 1.807) is 12.1 Å². The highest BCUT2D eigenvalue weighted by Gasteiger charge is 2.24. The summed E-state index contributed by atoms with van der Waals surface area (Å²) >= 11 is 0. The number of aromatic nitrogens is 1. The number of nitrogens with zero attached hydrogens (tertiary/aromatic N) is 1. The molecule has 0 saturated heterocycles. The molecule has 0 aliphatic heterocycles. The van der Waals surface area contributed by atoms with Gasteiger partial charge in [0.2, 0.25) is 5.91 Å². The summed E-state index contributed by atoms with van der Waals surface area (Å²) in [5.41, 5.74) is 2.39. The van der Waals surface area contributed by atoms with Gasteiger partial charge < -0.3 is 19.7 Å². The number of hydrogen-bond acceptors (Lipinski definition) is 3. The van der Waals surface area contributed by atoms with Crippen LogP contribution in [0.5, 0.6) is 5.75 Å². The molecular formula is C20H20N2O4. The Balaban J connectivity index is 2.26. The predicted molar refractivity (Wildman–Crippen MR) is 98.8 cm³/mol. The summed E-state index contributed by atoms with van der Waals surface area (Å²) in [6.07, 6.45) is -0.0119. The highest BCUT2D eigenvalue weighted by Crippen LogP contribution is 2.31. The molecule has 0 bridgehead atoms. The van der Waals surface area contributed by atoms with Crippen LogP contribution in [-0.4, -0.2) is 35.7 Å². The number of carboxylic acids is 1. The molecular weight excluding hydrogens is 332 g/mol. The Morgan fingerprint density at radius 2 is 1.88 bits per heavy atom. The number of benzene rings is 2. The van der Waals surface area contributed by atoms with Gasteiger partial charge in [-0.15, -0.1) is 0 Å². The average Bonchev–Trinajstić information content (AvgIpc) is 2.95. The fraction of sp³-hybridized carbons (Fsp3) is 0.200. The summed E-state index contributed by atoms with van der Waals surface area (Å²) < 4.78 is 7.14. The number of fused-ring (bicyclic) bond motifs is 1. The second kappa shape index (κ2) is 7.31. The van der Waals surface area contributed by atoms with Crippen LogP contribution >= 0.6 is 0 Å². The summed E-state index contributed by atoms with van der Waals surface area (Å²) in [6.45, 7) is 0.475. The molecule has 0 unspecified atom stereocenters. The van der Waals surface area contributed by atoms with E-state index in [1.807, 2.05) is 41.0 Å². The Hall–Kier alpha value is -3.28. The lowest BCUT2D eigenvalue weighted by atomic mass is 10.1. The number of carbonyl (C=O) groups excluding carboxylic acids is 1. The Morgan fingerprint density at radius 1 is 1.15 bits per heavy atom. The second-order valence-corrected chi connectivity index (χ2v) is 5.93. The highest BCUT2D eigenvalue weighted by atomic mass is 16.5. The zero-order valence-electron chi connectivity index (χ0n) is 14.7. The molecule has 1 aromatic heterocycles. The first-order valence-electron chi connectivity index (χ1n) is 8.22. The molecule has 3 aromatic rings. The van der Waals surface area contributed by atoms with Crippen molar-refractivity contribution in [2.45, 2.75) is 13.0 Å². The molecule has 0 atom stereocenters. The van der Waals surface area contributed by atoms with Crippen LogP contribution in [0, 0.1) is 0 Å². The Morgan fingerprint density at radius 3 is 2.50 bits per heavy atom. The molecule has 1 heterocycles. The molecule has 3 rings (SSSR count). The van der Waals surface area contributed by atoms with E-state index in [4.69, 9.17) is 4.74 Å². The average molecular weight is 352 g/mol. The van der Waals surface area contributed by atoms with Gasteiger partial charge in [0, 0.05) is 30.2 Å². The lowest BCUT2D eigenvalue weighted by molar-refractivity contribution is -0.120. The molecule has 6 heteroatoms. The topological polar surface area (TPSA) is 80.6 Å². The fourth-order valence-electron chi connectivity index (χ4n) is 3.12. The van der Waals surface area contributed by atoms with Crippen molar-refractivity contribution < 1.29 is 19.4 Å². The van der Waals surface area contributed by atoms with Crippen molar-refractivity contribution in [1.82, 2.24) is 9.88 Å². The van der Waals surface area contributed by atoms with E-state index in [-0.39, 0.29) is 17.9 Å². The quantitative estimate of drug-likeness (QED) is 0.715. The monoisotopic (exact) mass is 352 g/mol. The van der Waals surface area contributed by atoms with Gasteiger partial charge in [-0.2, -0.15) is 0 Å². The lowest BCUT2D eigenvalue weighted by Gasteiger charge is -2.11. The van der Waals surface area contributed by atoms with Crippen LogP contribution in [0.4, 0.5) is 0 Å². The van der Waals surface area contributed by atoms with Gasteiger partial charge in [-0.1, -0.05) is 30.3 Å². The number of carbonyl (C=O) groups is 2. The Kier molecular flexibility index (Phi) is 4.93. The number of methoxy groups -OCH3 is 1. The second-order valence-electron chi connectivity index (χ2n) is 5.93. The molecule has 0 spiro atoms. The summed E-state index contributed by atoms with van der Waals surface area (Å²) in [5, 5.41) is 12.9. The minimum absolute atomic E-state index is 0.0119. The predicted octanol–water partition coefficient (Wildman–Crippen LogP) is 2.68. The summed E-state index contributed by atoms with van der Waals surface area (Å²) in [6, 6.07) is 15.1. The summed E-state index contributed by atoms with van der Waals surface area (Å²) in [7, 11) is 3.07. The van der Waals surface area contributed by atoms with Crippen molar-refractivity contribution in [3.63, 3.8) is 0 Å². The lowest BCUT2D eigenvalue weighted by Crippen LogP contribution is -2.23. The molecule has 134 valence electrons. The summed E-state index contributed by atoms with van der Waals surface area (Å²) in [4.78, 5) is 24.0. The molecule has 0 aliphatic rings. The van der Waals surface area contributed by atoms with Gasteiger partial charge >= 0.3 is 5.97 Å². The molecule has 6 nitrogen and oxygen atoms in total. The van der Waals surface area contributed by atoms with Gasteiger partial charge in [0.15, 0.2) is 0 Å². The van der Waals surface area contributed by atoms with Crippen LogP contribution in [0.25, 0.3) is 10.9 Å². The van der Waals surface area contributed by atoms with Crippen molar-refractivity contribution >= 4 is 22.8 Å². The van der Waals surface area contributed by atoms with Crippen molar-refractivity contribution in [2.24, 2.45) is 0 Å². The molecule has 0 aliphatic carbocycles. The standard InChI is InChI=1S/C20H20N2O4/c1-21-18(23)11-17-19(20(24)25)15-10-14(26-2)8-9-16(15)22(17)12-13-6-4-3-5-7-13/h3-10H,11-12H2,1-2H3,(H,21,23)(H,24,25). The van der Waals surface area contributed by atoms with Gasteiger partial charge in [0.1, 0.15) is 5.75 Å². The zero-order chi connectivity index (χ0) is 18.7. The molecule has 0 fully saturated rings. The van der Waals surface area contributed by atoms with Gasteiger partial charge in [0.25, 0.3) is 0 Å². The van der Waals surface area contributed by atoms with Crippen LogP contribution in [0.15, 0.2) is 48.5 Å². The first kappa shape index (κ1) is 17.5. The Bertz CT molecular complexity index is 961. The number of hydrogen-bond donors (Lipinski definition) is 2. The molecule has 1 amide bonds. The van der Waals surface area contributed by atoms with E-state index < -0.39 is 5.97 Å². The van der Waals surface area contributed by atoms with Gasteiger partial charge in [-0.3, -0.25) is 4.79 Å². The number of amides is 1. The maximum Gasteiger partial charge on any atom is 0.338 e. The van der Waals surface area contributed by atoms with Crippen molar-refractivity contribution in [1.29, 1.82) is 0 Å². The van der Waals surface area contributed by atoms with Crippen molar-refractivity contribution in [2.75, 3.05) is 14.2 Å². The molecule has 0 radical (unpaired) electrons. The SMILES string of the molecule is CNC(=O)Cc1c(C(=O)O)c2cc(OC)ccc2n1Cc1ccccc1. The third-order valence-corrected chi connectivity index (χ3v) is 4.38. The fourth-order valence-corrected chi connectivity index (χ4v) is 3.12. The van der Waals surface area contributed by atoms with Crippen LogP contribution in [0.3, 0.4) is 0 Å². The smallest absolute Gasteiger partial charge is 0.338 e. The molecule has 0 saturated carbocycles. The van der Waals surface area contributed by atoms with E-state index in [0.717, 1.165) is 11.1 Å². The number of ether oxygens (including phenoxy) is 1. The number of carboxylic acid groups (broad SMARTS) is 1. The van der Waals surface area contributed by atoms with E-state index in [9.17, 15) is 14.7 Å². The van der Waals surface area contributed by atoms with Crippen LogP contribution in [-0.2, 0) is 17.8 Å². The van der Waals surface area contributed by atoms with Gasteiger partial charge in [-0.05, 0) is 23.8 Å². The maximum atomic E-state index is 12.0. The number of rotatable bonds is 6. The van der Waals surface area contributed by atoms with E-state index in [0.29, 0.717) is 23.4 Å². The number of nitrogens with one attached hydrogen (secondary N) is 1. The summed E-state index contributed by atoms with van der Waals surface area (Å²) in [5.74, 6) is -0.728. The molecule has 26 heavy (non-hydrogen) atoms. The minimum Gasteiger partial charge on any atom is -0.497 e. The van der Waals surface area contributed by atoms with E-state index in [1.165, 1.54) is 14.2 Å². The minimum atomic E-state index is -1.06. The first-order valence-corrected chi connectivity index (χ1v) is 8.22. The van der Waals surface area contributed by atoms with Gasteiger partial charge in [0.05, 0.1) is 19.1 Å². The van der Waals surface area contributed by atoms with Crippen molar-refractivity contribution in [3.05, 3.63) is 65.4 Å².